The maximum atomic E-state index is 9.76. The van der Waals surface area contributed by atoms with E-state index in [4.69, 9.17) is 14.2 Å². The summed E-state index contributed by atoms with van der Waals surface area (Å²) in [5.41, 5.74) is 0. The van der Waals surface area contributed by atoms with Crippen LogP contribution in [-0.2, 0) is 14.2 Å². The van der Waals surface area contributed by atoms with Crippen molar-refractivity contribution >= 4 is 0 Å². The number of hydrogen-bond donors (Lipinski definition) is 2. The highest BCUT2D eigenvalue weighted by Gasteiger charge is 2.53. The van der Waals surface area contributed by atoms with Gasteiger partial charge in [-0.3, -0.25) is 0 Å². The molecule has 2 rings (SSSR count). The van der Waals surface area contributed by atoms with E-state index in [1.54, 1.807) is 20.8 Å². The van der Waals surface area contributed by atoms with Crippen molar-refractivity contribution in [1.29, 1.82) is 0 Å². The van der Waals surface area contributed by atoms with E-state index in [1.165, 1.54) is 0 Å². The van der Waals surface area contributed by atoms with Crippen molar-refractivity contribution in [2.24, 2.45) is 0 Å². The van der Waals surface area contributed by atoms with E-state index >= 15 is 0 Å². The van der Waals surface area contributed by atoms with E-state index in [-0.39, 0.29) is 0 Å². The van der Waals surface area contributed by atoms with Gasteiger partial charge in [0.15, 0.2) is 12.1 Å². The van der Waals surface area contributed by atoms with Crippen molar-refractivity contribution in [3.8, 4) is 0 Å². The summed E-state index contributed by atoms with van der Waals surface area (Å²) in [5, 5.41) is 19.3. The Morgan fingerprint density at radius 2 is 1.64 bits per heavy atom. The van der Waals surface area contributed by atoms with Gasteiger partial charge in [0.05, 0.1) is 6.10 Å². The van der Waals surface area contributed by atoms with Crippen molar-refractivity contribution in [3.05, 3.63) is 0 Å². The fraction of sp³-hybridized carbons (Fsp3) is 1.00. The lowest BCUT2D eigenvalue weighted by Crippen LogP contribution is -2.55. The number of fused-ring (bicyclic) bond motifs is 1. The highest BCUT2D eigenvalue weighted by molar-refractivity contribution is 4.94. The molecule has 2 saturated heterocycles. The Labute approximate surface area is 82.6 Å². The predicted octanol–water partition coefficient (Wildman–Crippen LogP) is -0.396. The van der Waals surface area contributed by atoms with Crippen LogP contribution >= 0.6 is 0 Å². The third-order valence-electron chi connectivity index (χ3n) is 2.62. The molecule has 2 aliphatic rings. The largest absolute Gasteiger partial charge is 0.388 e. The first-order valence-corrected chi connectivity index (χ1v) is 4.78. The molecule has 1 unspecified atom stereocenters. The van der Waals surface area contributed by atoms with Crippen molar-refractivity contribution in [2.75, 3.05) is 0 Å². The maximum absolute atomic E-state index is 9.76. The average Bonchev–Trinajstić information content (AvgIpc) is 2.38. The topological polar surface area (TPSA) is 68.2 Å². The molecule has 2 fully saturated rings. The molecule has 5 nitrogen and oxygen atoms in total. The van der Waals surface area contributed by atoms with Crippen LogP contribution in [0.15, 0.2) is 0 Å². The summed E-state index contributed by atoms with van der Waals surface area (Å²) in [6, 6.07) is 0. The van der Waals surface area contributed by atoms with Gasteiger partial charge in [-0.15, -0.1) is 0 Å². The van der Waals surface area contributed by atoms with Crippen LogP contribution in [0.2, 0.25) is 0 Å². The maximum Gasteiger partial charge on any atom is 0.184 e. The first kappa shape index (κ1) is 10.3. The van der Waals surface area contributed by atoms with Gasteiger partial charge in [-0.25, -0.2) is 0 Å². The van der Waals surface area contributed by atoms with E-state index in [2.05, 4.69) is 0 Å². The summed E-state index contributed by atoms with van der Waals surface area (Å²) in [6.45, 7) is 5.18. The van der Waals surface area contributed by atoms with Gasteiger partial charge in [-0.1, -0.05) is 0 Å². The SMILES string of the molecule is C[C@@H]1OC(O)[C@@H]2OC(C)(C)O[C@@H]2[C@H]1O. The number of rotatable bonds is 0. The summed E-state index contributed by atoms with van der Waals surface area (Å²) in [7, 11) is 0. The second-order valence-corrected chi connectivity index (χ2v) is 4.29. The Bertz CT molecular complexity index is 229. The lowest BCUT2D eigenvalue weighted by atomic mass is 10.0. The Kier molecular flexibility index (Phi) is 2.32. The van der Waals surface area contributed by atoms with Crippen LogP contribution in [0.5, 0.6) is 0 Å². The minimum atomic E-state index is -1.03. The fourth-order valence-corrected chi connectivity index (χ4v) is 1.95. The molecule has 5 atom stereocenters. The summed E-state index contributed by atoms with van der Waals surface area (Å²) >= 11 is 0. The molecule has 2 heterocycles. The minimum absolute atomic E-state index is 0.441. The van der Waals surface area contributed by atoms with Crippen molar-refractivity contribution in [2.45, 2.75) is 57.3 Å². The van der Waals surface area contributed by atoms with Crippen LogP contribution < -0.4 is 0 Å². The van der Waals surface area contributed by atoms with Crippen molar-refractivity contribution in [1.82, 2.24) is 0 Å². The molecule has 0 radical (unpaired) electrons. The third kappa shape index (κ3) is 1.55. The van der Waals surface area contributed by atoms with Gasteiger partial charge in [-0.05, 0) is 20.8 Å². The summed E-state index contributed by atoms with van der Waals surface area (Å²) in [6.07, 6.45) is -3.34. The van der Waals surface area contributed by atoms with Gasteiger partial charge in [0.25, 0.3) is 0 Å². The van der Waals surface area contributed by atoms with E-state index in [0.717, 1.165) is 0 Å². The predicted molar refractivity (Wildman–Crippen MR) is 46.4 cm³/mol. The van der Waals surface area contributed by atoms with Crippen LogP contribution in [0.4, 0.5) is 0 Å². The van der Waals surface area contributed by atoms with Crippen LogP contribution in [0, 0.1) is 0 Å². The molecular formula is C9H16O5. The summed E-state index contributed by atoms with van der Waals surface area (Å²) < 4.78 is 16.0. The molecule has 2 N–H and O–H groups in total. The lowest BCUT2D eigenvalue weighted by Gasteiger charge is -2.36. The second kappa shape index (κ2) is 3.15. The van der Waals surface area contributed by atoms with Crippen LogP contribution in [0.25, 0.3) is 0 Å². The van der Waals surface area contributed by atoms with Crippen LogP contribution in [0.1, 0.15) is 20.8 Å². The molecule has 0 aromatic heterocycles. The van der Waals surface area contributed by atoms with E-state index in [9.17, 15) is 10.2 Å². The molecule has 0 bridgehead atoms. The molecule has 5 heteroatoms. The molecule has 0 aromatic carbocycles. The number of aliphatic hydroxyl groups excluding tert-OH is 2. The molecular weight excluding hydrogens is 188 g/mol. The van der Waals surface area contributed by atoms with E-state index < -0.39 is 36.5 Å². The second-order valence-electron chi connectivity index (χ2n) is 4.29. The molecule has 0 aliphatic carbocycles. The van der Waals surface area contributed by atoms with Crippen molar-refractivity contribution in [3.63, 3.8) is 0 Å². The molecule has 2 aliphatic heterocycles. The zero-order valence-electron chi connectivity index (χ0n) is 8.51. The van der Waals surface area contributed by atoms with Gasteiger partial charge >= 0.3 is 0 Å². The first-order chi connectivity index (χ1) is 6.41. The number of aliphatic hydroxyl groups is 2. The quantitative estimate of drug-likeness (QED) is 0.562. The smallest absolute Gasteiger partial charge is 0.184 e. The first-order valence-electron chi connectivity index (χ1n) is 4.78. The van der Waals surface area contributed by atoms with Crippen LogP contribution in [0.3, 0.4) is 0 Å². The molecule has 0 aromatic rings. The molecule has 82 valence electrons. The molecule has 0 amide bonds. The highest BCUT2D eigenvalue weighted by atomic mass is 16.8. The Morgan fingerprint density at radius 1 is 1.07 bits per heavy atom. The van der Waals surface area contributed by atoms with Gasteiger partial charge in [0.2, 0.25) is 0 Å². The Balaban J connectivity index is 2.18. The van der Waals surface area contributed by atoms with Crippen LogP contribution in [-0.4, -0.2) is 46.7 Å². The monoisotopic (exact) mass is 204 g/mol. The van der Waals surface area contributed by atoms with Crippen molar-refractivity contribution < 1.29 is 24.4 Å². The minimum Gasteiger partial charge on any atom is -0.388 e. The van der Waals surface area contributed by atoms with Gasteiger partial charge < -0.3 is 24.4 Å². The molecule has 0 spiro atoms. The van der Waals surface area contributed by atoms with E-state index in [0.29, 0.717) is 0 Å². The standard InChI is InChI=1S/C9H16O5/c1-4-5(10)6-7(8(11)12-4)14-9(2,3)13-6/h4-8,10-11H,1-3H3/t4-,5-,6+,7+,8?/m0/s1. The number of hydrogen-bond acceptors (Lipinski definition) is 5. The summed E-state index contributed by atoms with van der Waals surface area (Å²) in [5.74, 6) is -0.773. The third-order valence-corrected chi connectivity index (χ3v) is 2.62. The molecule has 0 saturated carbocycles. The Hall–Kier alpha value is -0.200. The van der Waals surface area contributed by atoms with Gasteiger partial charge in [0.1, 0.15) is 18.3 Å². The Morgan fingerprint density at radius 3 is 2.29 bits per heavy atom. The molecule has 14 heavy (non-hydrogen) atoms. The van der Waals surface area contributed by atoms with E-state index in [1.807, 2.05) is 0 Å². The zero-order valence-corrected chi connectivity index (χ0v) is 8.51. The number of ether oxygens (including phenoxy) is 3. The normalized spacial score (nSPS) is 51.6. The zero-order chi connectivity index (χ0) is 10.5. The fourth-order valence-electron chi connectivity index (χ4n) is 1.95. The van der Waals surface area contributed by atoms with Gasteiger partial charge in [0, 0.05) is 0 Å². The average molecular weight is 204 g/mol. The lowest BCUT2D eigenvalue weighted by molar-refractivity contribution is -0.252. The highest BCUT2D eigenvalue weighted by Crippen LogP contribution is 2.36. The van der Waals surface area contributed by atoms with Gasteiger partial charge in [-0.2, -0.15) is 0 Å². The summed E-state index contributed by atoms with van der Waals surface area (Å²) in [4.78, 5) is 0.